The van der Waals surface area contributed by atoms with Crippen molar-refractivity contribution >= 4 is 12.6 Å². The molecular formula is C8H10O3. The minimum absolute atomic E-state index is 0.190. The fraction of sp³-hybridized carbons (Fsp3) is 0.500. The van der Waals surface area contributed by atoms with Gasteiger partial charge in [0.1, 0.15) is 12.4 Å². The molecule has 0 N–H and O–H groups in total. The van der Waals surface area contributed by atoms with Gasteiger partial charge in [-0.25, -0.2) is 0 Å². The van der Waals surface area contributed by atoms with E-state index >= 15 is 0 Å². The number of rotatable bonds is 3. The predicted molar refractivity (Wildman–Crippen MR) is 39.2 cm³/mol. The molecule has 0 bridgehead atoms. The lowest BCUT2D eigenvalue weighted by Gasteiger charge is -1.92. The molecule has 0 amide bonds. The van der Waals surface area contributed by atoms with E-state index in [1.54, 1.807) is 13.8 Å². The van der Waals surface area contributed by atoms with Crippen LogP contribution in [0.3, 0.4) is 0 Å². The highest BCUT2D eigenvalue weighted by molar-refractivity contribution is 5.72. The first-order valence-electron chi connectivity index (χ1n) is 3.40. The number of carbonyl (C=O) groups is 2. The second-order valence-electron chi connectivity index (χ2n) is 2.85. The lowest BCUT2D eigenvalue weighted by atomic mass is 10.0. The minimum atomic E-state index is -0.677. The van der Waals surface area contributed by atoms with Crippen molar-refractivity contribution in [2.75, 3.05) is 0 Å². The third-order valence-corrected chi connectivity index (χ3v) is 1.81. The van der Waals surface area contributed by atoms with Crippen LogP contribution in [0.5, 0.6) is 0 Å². The Morgan fingerprint density at radius 1 is 1.55 bits per heavy atom. The molecule has 1 aliphatic rings. The first kappa shape index (κ1) is 8.14. The van der Waals surface area contributed by atoms with E-state index in [1.807, 2.05) is 0 Å². The summed E-state index contributed by atoms with van der Waals surface area (Å²) in [6, 6.07) is 0. The standard InChI is InChI=1S/C8H10O3/c1-6(3-4-9)7-8(2,5-10)11-7/h3-5,7H,1-2H3/b6-3+. The van der Waals surface area contributed by atoms with Crippen molar-refractivity contribution in [2.24, 2.45) is 0 Å². The van der Waals surface area contributed by atoms with Crippen molar-refractivity contribution < 1.29 is 14.3 Å². The van der Waals surface area contributed by atoms with Crippen LogP contribution in [0.4, 0.5) is 0 Å². The van der Waals surface area contributed by atoms with Gasteiger partial charge in [0.05, 0.1) is 0 Å². The Balaban J connectivity index is 2.62. The van der Waals surface area contributed by atoms with Crippen molar-refractivity contribution in [2.45, 2.75) is 25.6 Å². The Morgan fingerprint density at radius 3 is 2.55 bits per heavy atom. The highest BCUT2D eigenvalue weighted by Gasteiger charge is 2.53. The van der Waals surface area contributed by atoms with Crippen LogP contribution in [-0.2, 0) is 14.3 Å². The zero-order valence-electron chi connectivity index (χ0n) is 6.53. The van der Waals surface area contributed by atoms with Gasteiger partial charge in [-0.15, -0.1) is 0 Å². The molecule has 0 spiro atoms. The highest BCUT2D eigenvalue weighted by atomic mass is 16.6. The van der Waals surface area contributed by atoms with Gasteiger partial charge in [-0.1, -0.05) is 0 Å². The van der Waals surface area contributed by atoms with Gasteiger partial charge in [0, 0.05) is 0 Å². The van der Waals surface area contributed by atoms with Gasteiger partial charge in [0.25, 0.3) is 0 Å². The van der Waals surface area contributed by atoms with Gasteiger partial charge in [-0.3, -0.25) is 4.79 Å². The Labute approximate surface area is 65.0 Å². The SMILES string of the molecule is C/C(=C\C=O)C1OC1(C)C=O. The number of ether oxygens (including phenoxy) is 1. The molecule has 1 aliphatic heterocycles. The summed E-state index contributed by atoms with van der Waals surface area (Å²) in [5.74, 6) is 0. The smallest absolute Gasteiger partial charge is 0.154 e. The molecular weight excluding hydrogens is 144 g/mol. The van der Waals surface area contributed by atoms with E-state index in [1.165, 1.54) is 6.08 Å². The molecule has 2 atom stereocenters. The number of epoxide rings is 1. The summed E-state index contributed by atoms with van der Waals surface area (Å²) in [6.07, 6.45) is 2.69. The molecule has 3 nitrogen and oxygen atoms in total. The molecule has 0 aromatic heterocycles. The minimum Gasteiger partial charge on any atom is -0.354 e. The monoisotopic (exact) mass is 154 g/mol. The van der Waals surface area contributed by atoms with E-state index in [0.717, 1.165) is 11.9 Å². The van der Waals surface area contributed by atoms with E-state index in [2.05, 4.69) is 0 Å². The summed E-state index contributed by atoms with van der Waals surface area (Å²) in [4.78, 5) is 20.4. The summed E-state index contributed by atoms with van der Waals surface area (Å²) in [6.45, 7) is 3.47. The Hall–Kier alpha value is -0.960. The number of carbonyl (C=O) groups excluding carboxylic acids is 2. The van der Waals surface area contributed by atoms with E-state index in [-0.39, 0.29) is 6.10 Å². The fourth-order valence-corrected chi connectivity index (χ4v) is 1.05. The number of hydrogen-bond donors (Lipinski definition) is 0. The Morgan fingerprint density at radius 2 is 2.18 bits per heavy atom. The largest absolute Gasteiger partial charge is 0.354 e. The van der Waals surface area contributed by atoms with Crippen molar-refractivity contribution in [1.29, 1.82) is 0 Å². The number of aldehydes is 2. The molecule has 60 valence electrons. The molecule has 1 fully saturated rings. The zero-order valence-corrected chi connectivity index (χ0v) is 6.53. The average Bonchev–Trinajstić information content (AvgIpc) is 2.65. The van der Waals surface area contributed by atoms with Crippen LogP contribution < -0.4 is 0 Å². The predicted octanol–water partition coefficient (Wildman–Crippen LogP) is 0.488. The summed E-state index contributed by atoms with van der Waals surface area (Å²) >= 11 is 0. The molecule has 0 aromatic rings. The van der Waals surface area contributed by atoms with Crippen LogP contribution in [-0.4, -0.2) is 24.3 Å². The van der Waals surface area contributed by atoms with Gasteiger partial charge in [0.2, 0.25) is 0 Å². The first-order chi connectivity index (χ1) is 5.14. The van der Waals surface area contributed by atoms with Crippen LogP contribution in [0.2, 0.25) is 0 Å². The summed E-state index contributed by atoms with van der Waals surface area (Å²) < 4.78 is 5.07. The third kappa shape index (κ3) is 1.38. The molecule has 0 aliphatic carbocycles. The van der Waals surface area contributed by atoms with Crippen LogP contribution >= 0.6 is 0 Å². The summed E-state index contributed by atoms with van der Waals surface area (Å²) in [7, 11) is 0. The van der Waals surface area contributed by atoms with E-state index in [0.29, 0.717) is 6.29 Å². The second kappa shape index (κ2) is 2.58. The summed E-state index contributed by atoms with van der Waals surface area (Å²) in [5.41, 5.74) is 0.124. The van der Waals surface area contributed by atoms with E-state index in [4.69, 9.17) is 4.74 Å². The Bertz CT molecular complexity index is 219. The van der Waals surface area contributed by atoms with Crippen LogP contribution in [0.25, 0.3) is 0 Å². The molecule has 3 heteroatoms. The molecule has 1 saturated heterocycles. The second-order valence-corrected chi connectivity index (χ2v) is 2.85. The topological polar surface area (TPSA) is 46.7 Å². The summed E-state index contributed by atoms with van der Waals surface area (Å²) in [5, 5.41) is 0. The molecule has 0 radical (unpaired) electrons. The van der Waals surface area contributed by atoms with Gasteiger partial charge < -0.3 is 9.53 Å². The Kier molecular flexibility index (Phi) is 1.91. The van der Waals surface area contributed by atoms with Gasteiger partial charge in [-0.05, 0) is 25.5 Å². The molecule has 2 unspecified atom stereocenters. The molecule has 0 aromatic carbocycles. The van der Waals surface area contributed by atoms with Gasteiger partial charge in [-0.2, -0.15) is 0 Å². The third-order valence-electron chi connectivity index (χ3n) is 1.81. The molecule has 1 rings (SSSR count). The van der Waals surface area contributed by atoms with Crippen LogP contribution in [0.15, 0.2) is 11.6 Å². The number of allylic oxidation sites excluding steroid dienone is 1. The maximum atomic E-state index is 10.4. The first-order valence-corrected chi connectivity index (χ1v) is 3.40. The van der Waals surface area contributed by atoms with Gasteiger partial charge in [0.15, 0.2) is 11.9 Å². The van der Waals surface area contributed by atoms with E-state index in [9.17, 15) is 9.59 Å². The van der Waals surface area contributed by atoms with E-state index < -0.39 is 5.60 Å². The highest BCUT2D eigenvalue weighted by Crippen LogP contribution is 2.38. The van der Waals surface area contributed by atoms with Crippen molar-refractivity contribution in [3.8, 4) is 0 Å². The normalized spacial score (nSPS) is 36.5. The average molecular weight is 154 g/mol. The maximum Gasteiger partial charge on any atom is 0.154 e. The lowest BCUT2D eigenvalue weighted by Crippen LogP contribution is -2.11. The van der Waals surface area contributed by atoms with Crippen LogP contribution in [0.1, 0.15) is 13.8 Å². The fourth-order valence-electron chi connectivity index (χ4n) is 1.05. The number of hydrogen-bond acceptors (Lipinski definition) is 3. The van der Waals surface area contributed by atoms with Crippen molar-refractivity contribution in [3.05, 3.63) is 11.6 Å². The van der Waals surface area contributed by atoms with Crippen molar-refractivity contribution in [1.82, 2.24) is 0 Å². The zero-order chi connectivity index (χ0) is 8.48. The maximum absolute atomic E-state index is 10.4. The van der Waals surface area contributed by atoms with Crippen molar-refractivity contribution in [3.63, 3.8) is 0 Å². The molecule has 1 heterocycles. The van der Waals surface area contributed by atoms with Gasteiger partial charge >= 0.3 is 0 Å². The molecule has 11 heavy (non-hydrogen) atoms. The quantitative estimate of drug-likeness (QED) is 0.337. The lowest BCUT2D eigenvalue weighted by molar-refractivity contribution is -0.111. The molecule has 0 saturated carbocycles. The van der Waals surface area contributed by atoms with Crippen LogP contribution in [0, 0.1) is 0 Å².